The van der Waals surface area contributed by atoms with E-state index in [0.29, 0.717) is 23.4 Å². The van der Waals surface area contributed by atoms with Crippen LogP contribution < -0.4 is 0 Å². The lowest BCUT2D eigenvalue weighted by Gasteiger charge is -2.61. The fourth-order valence-corrected chi connectivity index (χ4v) is 6.51. The lowest BCUT2D eigenvalue weighted by Crippen LogP contribution is -2.67. The van der Waals surface area contributed by atoms with Crippen LogP contribution in [0.15, 0.2) is 18.2 Å². The molecule has 2 aliphatic heterocycles. The molecule has 28 heavy (non-hydrogen) atoms. The van der Waals surface area contributed by atoms with Gasteiger partial charge in [0.05, 0.1) is 22.2 Å². The van der Waals surface area contributed by atoms with Gasteiger partial charge in [-0.2, -0.15) is 5.10 Å². The molecular weight excluding hydrogens is 357 g/mol. The summed E-state index contributed by atoms with van der Waals surface area (Å²) >= 11 is 0. The van der Waals surface area contributed by atoms with E-state index in [1.54, 1.807) is 10.7 Å². The molecule has 6 rings (SSSR count). The van der Waals surface area contributed by atoms with E-state index in [1.807, 2.05) is 27.0 Å². The van der Waals surface area contributed by atoms with Crippen LogP contribution in [-0.2, 0) is 12.5 Å². The van der Waals surface area contributed by atoms with E-state index in [-0.39, 0.29) is 17.9 Å². The molecule has 4 fully saturated rings. The van der Waals surface area contributed by atoms with Gasteiger partial charge in [0.2, 0.25) is 0 Å². The van der Waals surface area contributed by atoms with Crippen molar-refractivity contribution in [2.45, 2.75) is 81.7 Å². The molecule has 2 saturated heterocycles. The molecule has 3 unspecified atom stereocenters. The fourth-order valence-electron chi connectivity index (χ4n) is 6.51. The zero-order chi connectivity index (χ0) is 19.8. The van der Waals surface area contributed by atoms with E-state index in [2.05, 4.69) is 10.00 Å². The summed E-state index contributed by atoms with van der Waals surface area (Å²) in [5.74, 6) is 0.327. The van der Waals surface area contributed by atoms with E-state index < -0.39 is 17.2 Å². The highest BCUT2D eigenvalue weighted by molar-refractivity contribution is 5.83. The van der Waals surface area contributed by atoms with Gasteiger partial charge in [-0.05, 0) is 56.6 Å². The summed E-state index contributed by atoms with van der Waals surface area (Å²) in [5.41, 5.74) is 0.468. The van der Waals surface area contributed by atoms with Crippen molar-refractivity contribution < 1.29 is 14.6 Å². The molecule has 2 saturated carbocycles. The van der Waals surface area contributed by atoms with E-state index in [1.165, 1.54) is 6.07 Å². The smallest absolute Gasteiger partial charge is 0.134 e. The second-order valence-electron chi connectivity index (χ2n) is 10.1. The number of rotatable bonds is 4. The normalized spacial score (nSPS) is 33.7. The third kappa shape index (κ3) is 2.72. The van der Waals surface area contributed by atoms with Crippen LogP contribution in [0.1, 0.15) is 58.1 Å². The molecule has 0 spiro atoms. The van der Waals surface area contributed by atoms with Crippen LogP contribution in [0, 0.1) is 11.7 Å². The second-order valence-corrected chi connectivity index (χ2v) is 10.1. The van der Waals surface area contributed by atoms with Gasteiger partial charge < -0.3 is 10.2 Å². The summed E-state index contributed by atoms with van der Waals surface area (Å²) in [5, 5.41) is 27.2. The monoisotopic (exact) mass is 387 g/mol. The first-order valence-electron chi connectivity index (χ1n) is 10.5. The van der Waals surface area contributed by atoms with Crippen LogP contribution in [0.3, 0.4) is 0 Å². The quantitative estimate of drug-likeness (QED) is 0.846. The van der Waals surface area contributed by atoms with Crippen molar-refractivity contribution in [2.24, 2.45) is 13.0 Å². The predicted molar refractivity (Wildman–Crippen MR) is 105 cm³/mol. The van der Waals surface area contributed by atoms with Crippen molar-refractivity contribution in [2.75, 3.05) is 0 Å². The molecule has 5 nitrogen and oxygen atoms in total. The van der Waals surface area contributed by atoms with E-state index in [9.17, 15) is 14.6 Å². The van der Waals surface area contributed by atoms with Crippen LogP contribution in [-0.4, -0.2) is 48.8 Å². The Morgan fingerprint density at radius 2 is 1.93 bits per heavy atom. The van der Waals surface area contributed by atoms with Gasteiger partial charge in [0.15, 0.2) is 0 Å². The van der Waals surface area contributed by atoms with Crippen LogP contribution in [0.25, 0.3) is 10.9 Å². The second kappa shape index (κ2) is 6.00. The van der Waals surface area contributed by atoms with Gasteiger partial charge in [-0.1, -0.05) is 19.9 Å². The number of hydrogen-bond donors (Lipinski definition) is 2. The molecule has 1 aromatic carbocycles. The molecule has 152 valence electrons. The summed E-state index contributed by atoms with van der Waals surface area (Å²) in [6.45, 7) is 4.07. The van der Waals surface area contributed by atoms with Crippen LogP contribution in [0.2, 0.25) is 0 Å². The van der Waals surface area contributed by atoms with Crippen molar-refractivity contribution in [3.05, 3.63) is 29.7 Å². The minimum Gasteiger partial charge on any atom is -0.390 e. The number of aromatic nitrogens is 2. The molecule has 4 bridgehead atoms. The van der Waals surface area contributed by atoms with Gasteiger partial charge in [0, 0.05) is 24.5 Å². The zero-order valence-corrected chi connectivity index (χ0v) is 16.9. The molecule has 2 aliphatic carbocycles. The lowest BCUT2D eigenvalue weighted by atomic mass is 9.61. The van der Waals surface area contributed by atoms with Crippen LogP contribution in [0.4, 0.5) is 4.39 Å². The molecule has 3 heterocycles. The van der Waals surface area contributed by atoms with Crippen molar-refractivity contribution in [3.8, 4) is 0 Å². The van der Waals surface area contributed by atoms with Gasteiger partial charge in [0.25, 0.3) is 0 Å². The van der Waals surface area contributed by atoms with Crippen molar-refractivity contribution >= 4 is 10.9 Å². The Kier molecular flexibility index (Phi) is 3.97. The summed E-state index contributed by atoms with van der Waals surface area (Å²) in [7, 11) is 1.83. The molecular formula is C22H30FN3O2. The highest BCUT2D eigenvalue weighted by Gasteiger charge is 2.55. The maximum Gasteiger partial charge on any atom is 0.134 e. The highest BCUT2D eigenvalue weighted by atomic mass is 19.1. The number of hydrogen-bond acceptors (Lipinski definition) is 4. The average Bonchev–Trinajstić information content (AvgIpc) is 2.92. The first-order valence-corrected chi connectivity index (χ1v) is 10.5. The van der Waals surface area contributed by atoms with E-state index in [4.69, 9.17) is 0 Å². The Morgan fingerprint density at radius 1 is 1.25 bits per heavy atom. The van der Waals surface area contributed by atoms with Crippen LogP contribution in [0.5, 0.6) is 0 Å². The highest BCUT2D eigenvalue weighted by Crippen LogP contribution is 2.52. The number of halogens is 1. The van der Waals surface area contributed by atoms with Gasteiger partial charge in [-0.25, -0.2) is 4.39 Å². The SMILES string of the molecule is Cn1nc(C(C)(C)CC(O)N2C3CC4CC2CC(O)(C4)C3)c2c(F)cccc21. The summed E-state index contributed by atoms with van der Waals surface area (Å²) in [6.07, 6.45) is 4.46. The van der Waals surface area contributed by atoms with Crippen molar-refractivity contribution in [3.63, 3.8) is 0 Å². The number of piperidine rings is 2. The van der Waals surface area contributed by atoms with Crippen LogP contribution >= 0.6 is 0 Å². The molecule has 4 aliphatic rings. The molecule has 3 atom stereocenters. The molecule has 6 heteroatoms. The first kappa shape index (κ1) is 18.5. The number of fused-ring (bicyclic) bond motifs is 1. The first-order chi connectivity index (χ1) is 13.2. The molecule has 2 N–H and O–H groups in total. The largest absolute Gasteiger partial charge is 0.390 e. The summed E-state index contributed by atoms with van der Waals surface area (Å²) in [6, 6.07) is 5.56. The fraction of sp³-hybridized carbons (Fsp3) is 0.682. The Hall–Kier alpha value is -1.50. The number of aliphatic hydroxyl groups is 2. The van der Waals surface area contributed by atoms with E-state index in [0.717, 1.165) is 37.6 Å². The molecule has 1 aromatic heterocycles. The Labute approximate surface area is 165 Å². The van der Waals surface area contributed by atoms with Gasteiger partial charge in [0.1, 0.15) is 12.0 Å². The Balaban J connectivity index is 1.43. The number of nitrogens with zero attached hydrogens (tertiary/aromatic N) is 3. The third-order valence-corrected chi connectivity index (χ3v) is 7.46. The summed E-state index contributed by atoms with van der Waals surface area (Å²) < 4.78 is 16.3. The third-order valence-electron chi connectivity index (χ3n) is 7.46. The minimum atomic E-state index is -0.613. The van der Waals surface area contributed by atoms with E-state index >= 15 is 0 Å². The molecule has 0 amide bonds. The summed E-state index contributed by atoms with van der Waals surface area (Å²) in [4.78, 5) is 2.24. The van der Waals surface area contributed by atoms with Gasteiger partial charge >= 0.3 is 0 Å². The topological polar surface area (TPSA) is 61.5 Å². The van der Waals surface area contributed by atoms with Gasteiger partial charge in [-0.3, -0.25) is 9.58 Å². The predicted octanol–water partition coefficient (Wildman–Crippen LogP) is 3.08. The molecule has 0 radical (unpaired) electrons. The maximum atomic E-state index is 14.6. The van der Waals surface area contributed by atoms with Crippen molar-refractivity contribution in [1.82, 2.24) is 14.7 Å². The van der Waals surface area contributed by atoms with Crippen molar-refractivity contribution in [1.29, 1.82) is 0 Å². The number of aryl methyl sites for hydroxylation is 1. The minimum absolute atomic E-state index is 0.249. The lowest BCUT2D eigenvalue weighted by molar-refractivity contribution is -0.200. The van der Waals surface area contributed by atoms with Gasteiger partial charge in [-0.15, -0.1) is 0 Å². The maximum absolute atomic E-state index is 14.6. The number of benzene rings is 1. The Morgan fingerprint density at radius 3 is 2.57 bits per heavy atom. The number of aliphatic hydroxyl groups excluding tert-OH is 1. The average molecular weight is 387 g/mol. The standard InChI is InChI=1S/C22H30FN3O2/c1-21(2,20-19-16(23)5-4-6-17(19)25(3)24-20)12-18(27)26-14-7-13-8-15(26)11-22(28,9-13)10-14/h4-6,13-15,18,27-28H,7-12H2,1-3H3. The Bertz CT molecular complexity index is 908. The zero-order valence-electron chi connectivity index (χ0n) is 16.9. The molecule has 2 aromatic rings.